The Morgan fingerprint density at radius 2 is 2.08 bits per heavy atom. The minimum Gasteiger partial charge on any atom is -0.478 e. The van der Waals surface area contributed by atoms with Crippen LogP contribution in [0.4, 0.5) is 5.82 Å². The zero-order chi connectivity index (χ0) is 18.3. The lowest BCUT2D eigenvalue weighted by molar-refractivity contribution is 0.0697. The first kappa shape index (κ1) is 16.3. The van der Waals surface area contributed by atoms with E-state index in [2.05, 4.69) is 27.2 Å². The van der Waals surface area contributed by atoms with Crippen LogP contribution in [0.25, 0.3) is 16.9 Å². The van der Waals surface area contributed by atoms with Gasteiger partial charge in [0.2, 0.25) is 0 Å². The lowest BCUT2D eigenvalue weighted by Gasteiger charge is -2.16. The fourth-order valence-electron chi connectivity index (χ4n) is 2.90. The number of carboxylic acids is 1. The number of carboxylic acid groups (broad SMARTS) is 1. The Morgan fingerprint density at radius 3 is 2.73 bits per heavy atom. The number of hydrogen-bond acceptors (Lipinski definition) is 5. The summed E-state index contributed by atoms with van der Waals surface area (Å²) in [4.78, 5) is 17.9. The highest BCUT2D eigenvalue weighted by Gasteiger charge is 2.27. The van der Waals surface area contributed by atoms with Crippen LogP contribution in [-0.2, 0) is 0 Å². The van der Waals surface area contributed by atoms with Crippen molar-refractivity contribution in [3.63, 3.8) is 0 Å². The van der Waals surface area contributed by atoms with E-state index in [1.165, 1.54) is 12.8 Å². The summed E-state index contributed by atoms with van der Waals surface area (Å²) >= 11 is 0. The molecule has 7 nitrogen and oxygen atoms in total. The Balaban J connectivity index is 1.62. The summed E-state index contributed by atoms with van der Waals surface area (Å²) in [5, 5.41) is 17.6. The second kappa shape index (κ2) is 6.25. The van der Waals surface area contributed by atoms with Crippen molar-refractivity contribution in [3.8, 4) is 16.9 Å². The molecular formula is C19H19N5O2. The van der Waals surface area contributed by atoms with Gasteiger partial charge in [0, 0.05) is 24.8 Å². The van der Waals surface area contributed by atoms with Gasteiger partial charge in [-0.05, 0) is 49.6 Å². The van der Waals surface area contributed by atoms with Crippen LogP contribution in [0.3, 0.4) is 0 Å². The standard InChI is InChI=1S/C19H19N5O2/c1-12-3-4-13(19(25)26)9-17(12)24-11-16(21-22-24)14-5-8-18(20-10-14)23(2)15-6-7-15/h3-5,8-11,15H,6-7H2,1-2H3,(H,25,26). The van der Waals surface area contributed by atoms with E-state index in [1.54, 1.807) is 35.3 Å². The van der Waals surface area contributed by atoms with Crippen molar-refractivity contribution in [1.82, 2.24) is 20.0 Å². The zero-order valence-corrected chi connectivity index (χ0v) is 14.6. The highest BCUT2D eigenvalue weighted by atomic mass is 16.4. The molecule has 0 spiro atoms. The van der Waals surface area contributed by atoms with Crippen LogP contribution in [0.15, 0.2) is 42.7 Å². The van der Waals surface area contributed by atoms with Crippen molar-refractivity contribution in [2.75, 3.05) is 11.9 Å². The fraction of sp³-hybridized carbons (Fsp3) is 0.263. The molecule has 26 heavy (non-hydrogen) atoms. The zero-order valence-electron chi connectivity index (χ0n) is 14.6. The molecule has 0 unspecified atom stereocenters. The number of aryl methyl sites for hydroxylation is 1. The molecule has 0 aliphatic heterocycles. The molecule has 0 bridgehead atoms. The van der Waals surface area contributed by atoms with Crippen LogP contribution in [0.5, 0.6) is 0 Å². The summed E-state index contributed by atoms with van der Waals surface area (Å²) in [6.45, 7) is 1.91. The van der Waals surface area contributed by atoms with Gasteiger partial charge in [0.25, 0.3) is 0 Å². The number of hydrogen-bond donors (Lipinski definition) is 1. The molecule has 2 aromatic heterocycles. The normalized spacial score (nSPS) is 13.6. The van der Waals surface area contributed by atoms with Crippen molar-refractivity contribution in [2.45, 2.75) is 25.8 Å². The van der Waals surface area contributed by atoms with Crippen LogP contribution in [-0.4, -0.2) is 44.1 Å². The molecule has 1 N–H and O–H groups in total. The SMILES string of the molecule is Cc1ccc(C(=O)O)cc1-n1cc(-c2ccc(N(C)C3CC3)nc2)nn1. The maximum absolute atomic E-state index is 11.2. The number of anilines is 1. The van der Waals surface area contributed by atoms with Crippen molar-refractivity contribution < 1.29 is 9.90 Å². The van der Waals surface area contributed by atoms with Gasteiger partial charge in [0.1, 0.15) is 11.5 Å². The fourth-order valence-corrected chi connectivity index (χ4v) is 2.90. The van der Waals surface area contributed by atoms with Gasteiger partial charge in [-0.2, -0.15) is 0 Å². The second-order valence-electron chi connectivity index (χ2n) is 6.60. The molecule has 1 aromatic carbocycles. The topological polar surface area (TPSA) is 84.1 Å². The lowest BCUT2D eigenvalue weighted by atomic mass is 10.1. The van der Waals surface area contributed by atoms with Gasteiger partial charge >= 0.3 is 5.97 Å². The van der Waals surface area contributed by atoms with Crippen LogP contribution in [0, 0.1) is 6.92 Å². The summed E-state index contributed by atoms with van der Waals surface area (Å²) in [6, 6.07) is 9.53. The number of carbonyl (C=O) groups is 1. The first-order valence-electron chi connectivity index (χ1n) is 8.49. The molecule has 0 atom stereocenters. The lowest BCUT2D eigenvalue weighted by Crippen LogP contribution is -2.20. The molecule has 1 aliphatic carbocycles. The van der Waals surface area contributed by atoms with Gasteiger partial charge in [-0.1, -0.05) is 11.3 Å². The maximum Gasteiger partial charge on any atom is 0.335 e. The molecule has 0 amide bonds. The molecule has 1 fully saturated rings. The Labute approximate surface area is 150 Å². The van der Waals surface area contributed by atoms with E-state index in [9.17, 15) is 9.90 Å². The Kier molecular flexibility index (Phi) is 3.91. The first-order valence-corrected chi connectivity index (χ1v) is 8.49. The van der Waals surface area contributed by atoms with E-state index in [1.807, 2.05) is 19.1 Å². The highest BCUT2D eigenvalue weighted by molar-refractivity contribution is 5.88. The largest absolute Gasteiger partial charge is 0.478 e. The summed E-state index contributed by atoms with van der Waals surface area (Å²) in [5.41, 5.74) is 3.40. The third kappa shape index (κ3) is 3.03. The molecule has 0 saturated heterocycles. The summed E-state index contributed by atoms with van der Waals surface area (Å²) in [7, 11) is 2.06. The van der Waals surface area contributed by atoms with Crippen molar-refractivity contribution in [1.29, 1.82) is 0 Å². The van der Waals surface area contributed by atoms with Crippen LogP contribution >= 0.6 is 0 Å². The van der Waals surface area contributed by atoms with Crippen molar-refractivity contribution in [3.05, 3.63) is 53.9 Å². The minimum absolute atomic E-state index is 0.219. The molecule has 4 rings (SSSR count). The predicted octanol–water partition coefficient (Wildman–Crippen LogP) is 2.93. The smallest absolute Gasteiger partial charge is 0.335 e. The molecule has 1 saturated carbocycles. The van der Waals surface area contributed by atoms with Gasteiger partial charge in [-0.3, -0.25) is 0 Å². The third-order valence-electron chi connectivity index (χ3n) is 4.70. The number of pyridine rings is 1. The molecule has 3 aromatic rings. The van der Waals surface area contributed by atoms with Crippen molar-refractivity contribution >= 4 is 11.8 Å². The second-order valence-corrected chi connectivity index (χ2v) is 6.60. The average Bonchev–Trinajstić information content (AvgIpc) is 3.38. The molecule has 7 heteroatoms. The minimum atomic E-state index is -0.967. The van der Waals surface area contributed by atoms with E-state index in [0.29, 0.717) is 17.4 Å². The van der Waals surface area contributed by atoms with E-state index in [4.69, 9.17) is 0 Å². The van der Waals surface area contributed by atoms with Crippen LogP contribution < -0.4 is 4.90 Å². The maximum atomic E-state index is 11.2. The summed E-state index contributed by atoms with van der Waals surface area (Å²) < 4.78 is 1.60. The number of nitrogens with zero attached hydrogens (tertiary/aromatic N) is 5. The summed E-state index contributed by atoms with van der Waals surface area (Å²) in [6.07, 6.45) is 6.03. The van der Waals surface area contributed by atoms with E-state index in [0.717, 1.165) is 16.9 Å². The van der Waals surface area contributed by atoms with Gasteiger partial charge < -0.3 is 10.0 Å². The number of aromatic nitrogens is 4. The van der Waals surface area contributed by atoms with Gasteiger partial charge in [-0.25, -0.2) is 14.5 Å². The molecule has 2 heterocycles. The highest BCUT2D eigenvalue weighted by Crippen LogP contribution is 2.29. The van der Waals surface area contributed by atoms with E-state index < -0.39 is 5.97 Å². The number of aromatic carboxylic acids is 1. The van der Waals surface area contributed by atoms with E-state index in [-0.39, 0.29) is 5.56 Å². The molecule has 0 radical (unpaired) electrons. The summed E-state index contributed by atoms with van der Waals surface area (Å²) in [5.74, 6) is -0.0141. The Morgan fingerprint density at radius 1 is 1.27 bits per heavy atom. The van der Waals surface area contributed by atoms with E-state index >= 15 is 0 Å². The van der Waals surface area contributed by atoms with Crippen LogP contribution in [0.2, 0.25) is 0 Å². The number of rotatable bonds is 5. The molecular weight excluding hydrogens is 330 g/mol. The average molecular weight is 349 g/mol. The van der Waals surface area contributed by atoms with Crippen LogP contribution in [0.1, 0.15) is 28.8 Å². The van der Waals surface area contributed by atoms with Gasteiger partial charge in [-0.15, -0.1) is 5.10 Å². The van der Waals surface area contributed by atoms with Gasteiger partial charge in [0.15, 0.2) is 0 Å². The molecule has 1 aliphatic rings. The predicted molar refractivity (Wildman–Crippen MR) is 97.7 cm³/mol. The van der Waals surface area contributed by atoms with Crippen molar-refractivity contribution in [2.24, 2.45) is 0 Å². The third-order valence-corrected chi connectivity index (χ3v) is 4.70. The molecule has 132 valence electrons. The first-order chi connectivity index (χ1) is 12.5. The van der Waals surface area contributed by atoms with Gasteiger partial charge in [0.05, 0.1) is 17.4 Å². The number of benzene rings is 1. The monoisotopic (exact) mass is 349 g/mol. The quantitative estimate of drug-likeness (QED) is 0.762. The Bertz CT molecular complexity index is 960. The Hall–Kier alpha value is -3.22.